The van der Waals surface area contributed by atoms with Crippen LogP contribution >= 0.6 is 11.6 Å². The van der Waals surface area contributed by atoms with E-state index >= 15 is 0 Å². The summed E-state index contributed by atoms with van der Waals surface area (Å²) in [6.45, 7) is 2.39. The van der Waals surface area contributed by atoms with Gasteiger partial charge in [0.2, 0.25) is 11.9 Å². The smallest absolute Gasteiger partial charge is 0.218 e. The molecule has 0 unspecified atom stereocenters. The van der Waals surface area contributed by atoms with Gasteiger partial charge < -0.3 is 16.8 Å². The van der Waals surface area contributed by atoms with E-state index in [1.54, 1.807) is 6.07 Å². The Morgan fingerprint density at radius 3 is 2.55 bits per heavy atom. The highest BCUT2D eigenvalue weighted by molar-refractivity contribution is 6.30. The van der Waals surface area contributed by atoms with Crippen molar-refractivity contribution in [1.29, 1.82) is 0 Å². The van der Waals surface area contributed by atoms with Crippen molar-refractivity contribution in [2.45, 2.75) is 13.5 Å². The van der Waals surface area contributed by atoms with Crippen molar-refractivity contribution in [2.24, 2.45) is 21.5 Å². The van der Waals surface area contributed by atoms with Gasteiger partial charge in [0.1, 0.15) is 0 Å². The van der Waals surface area contributed by atoms with Crippen molar-refractivity contribution in [3.05, 3.63) is 64.7 Å². The number of hydrogen-bond donors (Lipinski definition) is 3. The Morgan fingerprint density at radius 1 is 1.14 bits per heavy atom. The summed E-state index contributed by atoms with van der Waals surface area (Å²) in [5.74, 6) is 0.306. The van der Waals surface area contributed by atoms with Crippen LogP contribution in [0.5, 0.6) is 0 Å². The monoisotopic (exact) mass is 315 g/mol. The van der Waals surface area contributed by atoms with Crippen molar-refractivity contribution in [1.82, 2.24) is 0 Å². The average Bonchev–Trinajstić information content (AvgIpc) is 2.49. The molecule has 0 aromatic heterocycles. The molecule has 0 atom stereocenters. The summed E-state index contributed by atoms with van der Waals surface area (Å²) in [5.41, 5.74) is 14.4. The number of guanidine groups is 2. The van der Waals surface area contributed by atoms with E-state index < -0.39 is 0 Å². The van der Waals surface area contributed by atoms with Crippen LogP contribution in [0, 0.1) is 6.92 Å². The maximum absolute atomic E-state index is 5.91. The molecule has 6 heteroatoms. The lowest BCUT2D eigenvalue weighted by atomic mass is 10.2. The number of nitrogens with zero attached hydrogens (tertiary/aromatic N) is 2. The summed E-state index contributed by atoms with van der Waals surface area (Å²) in [6.07, 6.45) is 0. The minimum atomic E-state index is 0.125. The normalized spacial score (nSPS) is 12.3. The Bertz CT molecular complexity index is 695. The highest BCUT2D eigenvalue weighted by Gasteiger charge is 2.01. The van der Waals surface area contributed by atoms with Crippen molar-refractivity contribution < 1.29 is 0 Å². The van der Waals surface area contributed by atoms with E-state index in [0.29, 0.717) is 11.6 Å². The first-order valence-electron chi connectivity index (χ1n) is 6.76. The number of aliphatic imine (C=N–C) groups is 2. The molecule has 2 rings (SSSR count). The minimum absolute atomic E-state index is 0.125. The second kappa shape index (κ2) is 7.47. The fraction of sp³-hybridized carbons (Fsp3) is 0.125. The maximum atomic E-state index is 5.91. The van der Waals surface area contributed by atoms with Gasteiger partial charge in [0.05, 0.1) is 6.54 Å². The molecule has 2 aromatic carbocycles. The number of anilines is 1. The summed E-state index contributed by atoms with van der Waals surface area (Å²) in [7, 11) is 0. The van der Waals surface area contributed by atoms with Crippen LogP contribution in [0.4, 0.5) is 5.69 Å². The van der Waals surface area contributed by atoms with Crippen LogP contribution in [0.15, 0.2) is 58.5 Å². The molecule has 5 nitrogen and oxygen atoms in total. The van der Waals surface area contributed by atoms with E-state index in [1.807, 2.05) is 49.4 Å². The van der Waals surface area contributed by atoms with Gasteiger partial charge in [0, 0.05) is 10.7 Å². The molecule has 0 heterocycles. The van der Waals surface area contributed by atoms with Crippen LogP contribution in [-0.4, -0.2) is 11.9 Å². The first kappa shape index (κ1) is 15.9. The van der Waals surface area contributed by atoms with Gasteiger partial charge in [-0.3, -0.25) is 0 Å². The van der Waals surface area contributed by atoms with Crippen LogP contribution in [-0.2, 0) is 6.54 Å². The molecule has 0 spiro atoms. The number of halogens is 1. The van der Waals surface area contributed by atoms with Crippen molar-refractivity contribution in [3.63, 3.8) is 0 Å². The van der Waals surface area contributed by atoms with Crippen LogP contribution < -0.4 is 16.8 Å². The molecule has 0 radical (unpaired) electrons. The van der Waals surface area contributed by atoms with E-state index in [2.05, 4.69) is 15.3 Å². The molecule has 0 saturated heterocycles. The minimum Gasteiger partial charge on any atom is -0.369 e. The third-order valence-electron chi connectivity index (χ3n) is 2.95. The molecule has 0 aliphatic heterocycles. The van der Waals surface area contributed by atoms with Crippen LogP contribution in [0.3, 0.4) is 0 Å². The van der Waals surface area contributed by atoms with Gasteiger partial charge in [-0.1, -0.05) is 41.9 Å². The molecular weight excluding hydrogens is 298 g/mol. The predicted octanol–water partition coefficient (Wildman–Crippen LogP) is 2.89. The number of rotatable bonds is 3. The third-order valence-corrected chi connectivity index (χ3v) is 3.19. The summed E-state index contributed by atoms with van der Waals surface area (Å²) in [5, 5.41) is 3.64. The zero-order chi connectivity index (χ0) is 15.9. The molecule has 0 amide bonds. The fourth-order valence-corrected chi connectivity index (χ4v) is 2.07. The van der Waals surface area contributed by atoms with Gasteiger partial charge in [-0.05, 0) is 36.2 Å². The molecule has 114 valence electrons. The first-order valence-corrected chi connectivity index (χ1v) is 7.13. The Kier molecular flexibility index (Phi) is 5.38. The first-order chi connectivity index (χ1) is 10.5. The lowest BCUT2D eigenvalue weighted by Gasteiger charge is -2.08. The molecule has 0 aliphatic rings. The van der Waals surface area contributed by atoms with E-state index in [-0.39, 0.29) is 11.9 Å². The molecule has 0 bridgehead atoms. The predicted molar refractivity (Wildman–Crippen MR) is 93.2 cm³/mol. The summed E-state index contributed by atoms with van der Waals surface area (Å²) in [4.78, 5) is 8.21. The number of nitrogens with two attached hydrogens (primary N) is 2. The molecule has 22 heavy (non-hydrogen) atoms. The van der Waals surface area contributed by atoms with E-state index in [4.69, 9.17) is 23.1 Å². The lowest BCUT2D eigenvalue weighted by Crippen LogP contribution is -2.26. The SMILES string of the molecule is Cc1cc(Cl)ccc1N/C(N)=N/C(N)=NCc1ccccc1. The second-order valence-corrected chi connectivity index (χ2v) is 5.18. The quantitative estimate of drug-likeness (QED) is 0.601. The average molecular weight is 316 g/mol. The van der Waals surface area contributed by atoms with E-state index in [0.717, 1.165) is 16.8 Å². The molecule has 2 aromatic rings. The van der Waals surface area contributed by atoms with Gasteiger partial charge >= 0.3 is 0 Å². The van der Waals surface area contributed by atoms with Gasteiger partial charge in [-0.15, -0.1) is 0 Å². The van der Waals surface area contributed by atoms with Crippen LogP contribution in [0.2, 0.25) is 5.02 Å². The zero-order valence-corrected chi connectivity index (χ0v) is 13.0. The third kappa shape index (κ3) is 4.79. The molecule has 5 N–H and O–H groups in total. The maximum Gasteiger partial charge on any atom is 0.218 e. The molecular formula is C16H18ClN5. The summed E-state index contributed by atoms with van der Waals surface area (Å²) < 4.78 is 0. The Balaban J connectivity index is 2.01. The van der Waals surface area contributed by atoms with Crippen molar-refractivity contribution in [2.75, 3.05) is 5.32 Å². The molecule has 0 fully saturated rings. The lowest BCUT2D eigenvalue weighted by molar-refractivity contribution is 1.05. The van der Waals surface area contributed by atoms with Gasteiger partial charge in [-0.2, -0.15) is 4.99 Å². The topological polar surface area (TPSA) is 88.8 Å². The number of benzene rings is 2. The zero-order valence-electron chi connectivity index (χ0n) is 12.3. The highest BCUT2D eigenvalue weighted by Crippen LogP contribution is 2.19. The molecule has 0 aliphatic carbocycles. The number of aryl methyl sites for hydroxylation is 1. The van der Waals surface area contributed by atoms with Gasteiger partial charge in [0.25, 0.3) is 0 Å². The summed E-state index contributed by atoms with van der Waals surface area (Å²) >= 11 is 5.91. The van der Waals surface area contributed by atoms with Crippen molar-refractivity contribution in [3.8, 4) is 0 Å². The standard InChI is InChI=1S/C16H18ClN5/c1-11-9-13(17)7-8-14(11)21-16(19)22-15(18)20-10-12-5-3-2-4-6-12/h2-9H,10H2,1H3,(H5,18,19,20,21,22). The largest absolute Gasteiger partial charge is 0.369 e. The Hall–Kier alpha value is -2.53. The van der Waals surface area contributed by atoms with E-state index in [1.165, 1.54) is 0 Å². The Morgan fingerprint density at radius 2 is 1.86 bits per heavy atom. The van der Waals surface area contributed by atoms with Crippen LogP contribution in [0.25, 0.3) is 0 Å². The molecule has 0 saturated carbocycles. The Labute approximate surface area is 134 Å². The van der Waals surface area contributed by atoms with Gasteiger partial charge in [-0.25, -0.2) is 4.99 Å². The van der Waals surface area contributed by atoms with Gasteiger partial charge in [0.15, 0.2) is 0 Å². The van der Waals surface area contributed by atoms with E-state index in [9.17, 15) is 0 Å². The van der Waals surface area contributed by atoms with Crippen LogP contribution in [0.1, 0.15) is 11.1 Å². The highest BCUT2D eigenvalue weighted by atomic mass is 35.5. The number of hydrogen-bond acceptors (Lipinski definition) is 1. The fourth-order valence-electron chi connectivity index (χ4n) is 1.85. The van der Waals surface area contributed by atoms with Crippen molar-refractivity contribution >= 4 is 29.2 Å². The number of nitrogens with one attached hydrogen (secondary N) is 1. The summed E-state index contributed by atoms with van der Waals surface area (Å²) in [6, 6.07) is 15.2. The second-order valence-electron chi connectivity index (χ2n) is 4.74.